The molecular weight excluding hydrogens is 412 g/mol. The van der Waals surface area contributed by atoms with Gasteiger partial charge in [-0.2, -0.15) is 0 Å². The Morgan fingerprint density at radius 2 is 2.06 bits per heavy atom. The minimum atomic E-state index is -1.08. The number of esters is 1. The molecule has 8 nitrogen and oxygen atoms in total. The van der Waals surface area contributed by atoms with Gasteiger partial charge in [-0.15, -0.1) is 0 Å². The number of hydrogen-bond donors (Lipinski definition) is 2. The SMILES string of the molecule is CCOC(=O)[C@H]1[C@H]2C(=O)N(CCCO)C(C(=O)Nc3cc(C)ccc3C)C23CC[C@]1(C)O3. The maximum absolute atomic E-state index is 13.7. The Morgan fingerprint density at radius 3 is 2.75 bits per heavy atom. The number of hydrogen-bond acceptors (Lipinski definition) is 6. The number of nitrogens with zero attached hydrogens (tertiary/aromatic N) is 1. The number of anilines is 1. The molecule has 1 spiro atoms. The van der Waals surface area contributed by atoms with E-state index >= 15 is 0 Å². The van der Waals surface area contributed by atoms with Crippen molar-refractivity contribution >= 4 is 23.5 Å². The average Bonchev–Trinajstić information content (AvgIpc) is 3.30. The van der Waals surface area contributed by atoms with Crippen LogP contribution in [0.15, 0.2) is 18.2 Å². The van der Waals surface area contributed by atoms with E-state index in [2.05, 4.69) is 5.32 Å². The third-order valence-corrected chi connectivity index (χ3v) is 7.27. The molecular formula is C24H32N2O6. The molecule has 2 bridgehead atoms. The van der Waals surface area contributed by atoms with Gasteiger partial charge in [-0.3, -0.25) is 14.4 Å². The van der Waals surface area contributed by atoms with Gasteiger partial charge in [-0.25, -0.2) is 0 Å². The molecule has 0 saturated carbocycles. The number of amides is 2. The van der Waals surface area contributed by atoms with Gasteiger partial charge in [0.25, 0.3) is 0 Å². The van der Waals surface area contributed by atoms with E-state index in [1.807, 2.05) is 39.0 Å². The maximum Gasteiger partial charge on any atom is 0.312 e. The Hall–Kier alpha value is -2.45. The van der Waals surface area contributed by atoms with E-state index in [0.717, 1.165) is 11.1 Å². The number of benzene rings is 1. The van der Waals surface area contributed by atoms with Crippen LogP contribution in [0.5, 0.6) is 0 Å². The number of rotatable bonds is 7. The van der Waals surface area contributed by atoms with E-state index in [1.165, 1.54) is 4.90 Å². The predicted molar refractivity (Wildman–Crippen MR) is 117 cm³/mol. The highest BCUT2D eigenvalue weighted by atomic mass is 16.6. The fraction of sp³-hybridized carbons (Fsp3) is 0.625. The molecule has 1 aromatic carbocycles. The van der Waals surface area contributed by atoms with Gasteiger partial charge in [0.05, 0.1) is 18.1 Å². The molecule has 0 aromatic heterocycles. The smallest absolute Gasteiger partial charge is 0.312 e. The van der Waals surface area contributed by atoms with Crippen molar-refractivity contribution < 1.29 is 29.0 Å². The molecule has 174 valence electrons. The Bertz CT molecular complexity index is 948. The molecule has 0 aliphatic carbocycles. The van der Waals surface area contributed by atoms with Crippen LogP contribution in [0.4, 0.5) is 5.69 Å². The molecule has 3 heterocycles. The summed E-state index contributed by atoms with van der Waals surface area (Å²) in [6.07, 6.45) is 1.42. The molecule has 3 fully saturated rings. The van der Waals surface area contributed by atoms with E-state index in [-0.39, 0.29) is 31.6 Å². The number of carbonyl (C=O) groups excluding carboxylic acids is 3. The van der Waals surface area contributed by atoms with Crippen molar-refractivity contribution in [2.24, 2.45) is 11.8 Å². The van der Waals surface area contributed by atoms with Gasteiger partial charge < -0.3 is 24.8 Å². The highest BCUT2D eigenvalue weighted by Gasteiger charge is 2.78. The van der Waals surface area contributed by atoms with E-state index in [0.29, 0.717) is 24.9 Å². The van der Waals surface area contributed by atoms with Crippen LogP contribution < -0.4 is 5.32 Å². The Balaban J connectivity index is 1.73. The van der Waals surface area contributed by atoms with Crippen LogP contribution in [-0.2, 0) is 23.9 Å². The summed E-state index contributed by atoms with van der Waals surface area (Å²) in [5.74, 6) is -2.58. The molecule has 3 aliphatic rings. The lowest BCUT2D eigenvalue weighted by Gasteiger charge is -2.33. The van der Waals surface area contributed by atoms with Gasteiger partial charge in [0, 0.05) is 18.8 Å². The number of aliphatic hydroxyl groups excluding tert-OH is 1. The average molecular weight is 445 g/mol. The summed E-state index contributed by atoms with van der Waals surface area (Å²) in [7, 11) is 0. The van der Waals surface area contributed by atoms with Gasteiger partial charge >= 0.3 is 5.97 Å². The number of aliphatic hydroxyl groups is 1. The third-order valence-electron chi connectivity index (χ3n) is 7.27. The second kappa shape index (κ2) is 8.15. The van der Waals surface area contributed by atoms with Crippen LogP contribution in [0, 0.1) is 25.7 Å². The molecule has 3 aliphatic heterocycles. The predicted octanol–water partition coefficient (Wildman–Crippen LogP) is 1.95. The lowest BCUT2D eigenvalue weighted by Crippen LogP contribution is -2.53. The van der Waals surface area contributed by atoms with E-state index in [9.17, 15) is 19.5 Å². The second-order valence-corrected chi connectivity index (χ2v) is 9.40. The normalized spacial score (nSPS) is 32.8. The maximum atomic E-state index is 13.7. The number of likely N-dealkylation sites (tertiary alicyclic amines) is 1. The van der Waals surface area contributed by atoms with Crippen LogP contribution in [-0.4, -0.2) is 64.8 Å². The highest BCUT2D eigenvalue weighted by molar-refractivity contribution is 6.03. The first kappa shape index (κ1) is 22.7. The molecule has 5 atom stereocenters. The van der Waals surface area contributed by atoms with E-state index in [1.54, 1.807) is 6.92 Å². The Kier molecular flexibility index (Phi) is 5.79. The van der Waals surface area contributed by atoms with E-state index < -0.39 is 35.0 Å². The second-order valence-electron chi connectivity index (χ2n) is 9.40. The number of aryl methyl sites for hydroxylation is 2. The van der Waals surface area contributed by atoms with Crippen molar-refractivity contribution in [3.8, 4) is 0 Å². The molecule has 8 heteroatoms. The summed E-state index contributed by atoms with van der Waals surface area (Å²) < 4.78 is 11.8. The van der Waals surface area contributed by atoms with Crippen molar-refractivity contribution in [3.63, 3.8) is 0 Å². The summed E-state index contributed by atoms with van der Waals surface area (Å²) in [5, 5.41) is 12.4. The molecule has 3 saturated heterocycles. The zero-order chi connectivity index (χ0) is 23.3. The van der Waals surface area contributed by atoms with Crippen LogP contribution in [0.3, 0.4) is 0 Å². The number of nitrogens with one attached hydrogen (secondary N) is 1. The third kappa shape index (κ3) is 3.31. The zero-order valence-corrected chi connectivity index (χ0v) is 19.1. The first-order valence-electron chi connectivity index (χ1n) is 11.3. The van der Waals surface area contributed by atoms with Crippen molar-refractivity contribution in [2.45, 2.75) is 64.2 Å². The number of ether oxygens (including phenoxy) is 2. The first-order chi connectivity index (χ1) is 15.2. The van der Waals surface area contributed by atoms with Gasteiger partial charge in [-0.05, 0) is 64.2 Å². The fourth-order valence-electron chi connectivity index (χ4n) is 5.87. The van der Waals surface area contributed by atoms with Crippen molar-refractivity contribution in [1.82, 2.24) is 4.90 Å². The fourth-order valence-corrected chi connectivity index (χ4v) is 5.87. The highest BCUT2D eigenvalue weighted by Crippen LogP contribution is 2.63. The molecule has 2 N–H and O–H groups in total. The summed E-state index contributed by atoms with van der Waals surface area (Å²) in [6, 6.07) is 4.92. The molecule has 2 unspecified atom stereocenters. The topological polar surface area (TPSA) is 105 Å². The van der Waals surface area contributed by atoms with Crippen LogP contribution >= 0.6 is 0 Å². The first-order valence-corrected chi connectivity index (χ1v) is 11.3. The minimum Gasteiger partial charge on any atom is -0.466 e. The molecule has 32 heavy (non-hydrogen) atoms. The Labute approximate surface area is 188 Å². The molecule has 1 aromatic rings. The van der Waals surface area contributed by atoms with Gasteiger partial charge in [0.1, 0.15) is 17.6 Å². The minimum absolute atomic E-state index is 0.105. The lowest BCUT2D eigenvalue weighted by atomic mass is 9.66. The van der Waals surface area contributed by atoms with Crippen molar-refractivity contribution in [2.75, 3.05) is 25.1 Å². The summed E-state index contributed by atoms with van der Waals surface area (Å²) in [5.41, 5.74) is 0.686. The largest absolute Gasteiger partial charge is 0.466 e. The molecule has 0 radical (unpaired) electrons. The quantitative estimate of drug-likeness (QED) is 0.623. The van der Waals surface area contributed by atoms with Crippen LogP contribution in [0.1, 0.15) is 44.2 Å². The van der Waals surface area contributed by atoms with E-state index in [4.69, 9.17) is 9.47 Å². The van der Waals surface area contributed by atoms with Gasteiger partial charge in [0.15, 0.2) is 0 Å². The monoisotopic (exact) mass is 444 g/mol. The molecule has 2 amide bonds. The van der Waals surface area contributed by atoms with Gasteiger partial charge in [-0.1, -0.05) is 12.1 Å². The summed E-state index contributed by atoms with van der Waals surface area (Å²) >= 11 is 0. The summed E-state index contributed by atoms with van der Waals surface area (Å²) in [4.78, 5) is 41.6. The van der Waals surface area contributed by atoms with Crippen molar-refractivity contribution in [3.05, 3.63) is 29.3 Å². The number of carbonyl (C=O) groups is 3. The van der Waals surface area contributed by atoms with Crippen LogP contribution in [0.25, 0.3) is 0 Å². The molecule has 4 rings (SSSR count). The Morgan fingerprint density at radius 1 is 1.31 bits per heavy atom. The summed E-state index contributed by atoms with van der Waals surface area (Å²) in [6.45, 7) is 7.75. The number of fused-ring (bicyclic) bond motifs is 1. The standard InChI is InChI=1S/C24H32N2O6/c1-5-31-22(30)18-17-21(29)26(11-6-12-27)19(24(17)10-9-23(18,4)32-24)20(28)25-16-13-14(2)7-8-15(16)3/h7-8,13,17-19,27H,5-6,9-12H2,1-4H3,(H,25,28)/t17-,18+,19?,23-,24?/m0/s1. The van der Waals surface area contributed by atoms with Gasteiger partial charge in [0.2, 0.25) is 11.8 Å². The zero-order valence-electron chi connectivity index (χ0n) is 19.1. The van der Waals surface area contributed by atoms with Crippen molar-refractivity contribution in [1.29, 1.82) is 0 Å². The lowest BCUT2D eigenvalue weighted by molar-refractivity contribution is -0.159. The van der Waals surface area contributed by atoms with Crippen LogP contribution in [0.2, 0.25) is 0 Å².